The average Bonchev–Trinajstić information content (AvgIpc) is 2.55. The molecular formula is C20H43NO2Si. The number of carbonyl (C=O) groups is 1. The molecule has 0 aromatic heterocycles. The van der Waals surface area contributed by atoms with Crippen LogP contribution in [0, 0.1) is 0 Å². The summed E-state index contributed by atoms with van der Waals surface area (Å²) in [7, 11) is -0.961. The van der Waals surface area contributed by atoms with Gasteiger partial charge in [-0.05, 0) is 6.42 Å². The van der Waals surface area contributed by atoms with Crippen molar-refractivity contribution in [3.05, 3.63) is 0 Å². The van der Waals surface area contributed by atoms with Crippen LogP contribution in [-0.2, 0) is 4.79 Å². The van der Waals surface area contributed by atoms with Crippen LogP contribution < -0.4 is 5.32 Å². The lowest BCUT2D eigenvalue weighted by molar-refractivity contribution is -0.121. The molecule has 24 heavy (non-hydrogen) atoms. The van der Waals surface area contributed by atoms with E-state index in [0.717, 1.165) is 12.8 Å². The Kier molecular flexibility index (Phi) is 15.9. The summed E-state index contributed by atoms with van der Waals surface area (Å²) in [4.78, 5) is 11.4. The van der Waals surface area contributed by atoms with Crippen molar-refractivity contribution < 1.29 is 9.90 Å². The van der Waals surface area contributed by atoms with Gasteiger partial charge in [-0.25, -0.2) is 0 Å². The van der Waals surface area contributed by atoms with E-state index in [4.69, 9.17) is 5.11 Å². The molecule has 2 N–H and O–H groups in total. The highest BCUT2D eigenvalue weighted by atomic mass is 28.3. The number of hydrogen-bond donors (Lipinski definition) is 2. The molecule has 0 aromatic carbocycles. The molecule has 0 atom stereocenters. The van der Waals surface area contributed by atoms with Crippen molar-refractivity contribution in [3.8, 4) is 0 Å². The molecule has 144 valence electrons. The summed E-state index contributed by atoms with van der Waals surface area (Å²) in [6, 6.07) is 2.98. The molecule has 0 unspecified atom stereocenters. The highest BCUT2D eigenvalue weighted by molar-refractivity contribution is 6.77. The van der Waals surface area contributed by atoms with Gasteiger partial charge in [-0.3, -0.25) is 4.79 Å². The van der Waals surface area contributed by atoms with Crippen LogP contribution in [0.3, 0.4) is 0 Å². The molecule has 0 saturated carbocycles. The van der Waals surface area contributed by atoms with Gasteiger partial charge in [-0.15, -0.1) is 0 Å². The second-order valence-corrected chi connectivity index (χ2v) is 13.4. The SMILES string of the molecule is CCCCCCCC[Si](C)(C)CCCCCCCC(=O)NCCO. The summed E-state index contributed by atoms with van der Waals surface area (Å²) in [5.74, 6) is 0.0801. The fourth-order valence-electron chi connectivity index (χ4n) is 3.21. The third-order valence-electron chi connectivity index (χ3n) is 4.90. The molecule has 0 aromatic rings. The van der Waals surface area contributed by atoms with Gasteiger partial charge in [-0.1, -0.05) is 96.3 Å². The largest absolute Gasteiger partial charge is 0.395 e. The van der Waals surface area contributed by atoms with Crippen LogP contribution >= 0.6 is 0 Å². The van der Waals surface area contributed by atoms with Gasteiger partial charge in [0.15, 0.2) is 0 Å². The van der Waals surface area contributed by atoms with E-state index < -0.39 is 8.07 Å². The molecule has 0 saturated heterocycles. The molecule has 0 radical (unpaired) electrons. The maximum absolute atomic E-state index is 11.4. The van der Waals surface area contributed by atoms with Crippen LogP contribution in [0.1, 0.15) is 84.0 Å². The Morgan fingerprint density at radius 2 is 1.33 bits per heavy atom. The first kappa shape index (κ1) is 23.6. The number of aliphatic hydroxyl groups is 1. The Bertz CT molecular complexity index is 295. The number of carbonyl (C=O) groups excluding carboxylic acids is 1. The zero-order valence-corrected chi connectivity index (χ0v) is 17.7. The Morgan fingerprint density at radius 1 is 0.833 bits per heavy atom. The van der Waals surface area contributed by atoms with Crippen molar-refractivity contribution >= 4 is 14.0 Å². The lowest BCUT2D eigenvalue weighted by atomic mass is 10.1. The van der Waals surface area contributed by atoms with E-state index in [1.165, 1.54) is 69.9 Å². The number of nitrogens with one attached hydrogen (secondary N) is 1. The lowest BCUT2D eigenvalue weighted by Crippen LogP contribution is -2.25. The summed E-state index contributed by atoms with van der Waals surface area (Å²) in [5.41, 5.74) is 0. The standard InChI is InChI=1S/C20H43NO2Si/c1-4-5-6-7-10-13-18-24(2,3)19-14-11-8-9-12-15-20(23)21-16-17-22/h22H,4-19H2,1-3H3,(H,21,23). The maximum Gasteiger partial charge on any atom is 0.220 e. The minimum Gasteiger partial charge on any atom is -0.395 e. The van der Waals surface area contributed by atoms with Crippen molar-refractivity contribution in [3.63, 3.8) is 0 Å². The molecule has 0 aliphatic rings. The average molecular weight is 358 g/mol. The van der Waals surface area contributed by atoms with E-state index >= 15 is 0 Å². The van der Waals surface area contributed by atoms with Crippen LogP contribution in [-0.4, -0.2) is 32.2 Å². The molecule has 0 heterocycles. The Labute approximate surface area is 152 Å². The van der Waals surface area contributed by atoms with E-state index in [2.05, 4.69) is 25.3 Å². The van der Waals surface area contributed by atoms with Crippen molar-refractivity contribution in [2.24, 2.45) is 0 Å². The number of hydrogen-bond acceptors (Lipinski definition) is 2. The topological polar surface area (TPSA) is 49.3 Å². The summed E-state index contributed by atoms with van der Waals surface area (Å²) in [6.45, 7) is 7.82. The van der Waals surface area contributed by atoms with Gasteiger partial charge in [-0.2, -0.15) is 0 Å². The van der Waals surface area contributed by atoms with E-state index in [-0.39, 0.29) is 12.5 Å². The smallest absolute Gasteiger partial charge is 0.220 e. The van der Waals surface area contributed by atoms with Gasteiger partial charge in [0.2, 0.25) is 5.91 Å². The summed E-state index contributed by atoms with van der Waals surface area (Å²) < 4.78 is 0. The highest BCUT2D eigenvalue weighted by Crippen LogP contribution is 2.23. The highest BCUT2D eigenvalue weighted by Gasteiger charge is 2.18. The van der Waals surface area contributed by atoms with E-state index in [1.807, 2.05) is 0 Å². The molecule has 0 fully saturated rings. The molecule has 0 rings (SSSR count). The number of rotatable bonds is 17. The predicted octanol–water partition coefficient (Wildman–Crippen LogP) is 5.50. The van der Waals surface area contributed by atoms with Crippen LogP contribution in [0.4, 0.5) is 0 Å². The van der Waals surface area contributed by atoms with Gasteiger partial charge in [0.25, 0.3) is 0 Å². The van der Waals surface area contributed by atoms with Crippen LogP contribution in [0.25, 0.3) is 0 Å². The van der Waals surface area contributed by atoms with Crippen molar-refractivity contribution in [1.29, 1.82) is 0 Å². The predicted molar refractivity (Wildman–Crippen MR) is 108 cm³/mol. The third-order valence-corrected chi connectivity index (χ3v) is 8.31. The zero-order valence-electron chi connectivity index (χ0n) is 16.7. The fourth-order valence-corrected chi connectivity index (χ4v) is 5.88. The number of amides is 1. The normalized spacial score (nSPS) is 11.7. The quantitative estimate of drug-likeness (QED) is 0.266. The first-order chi connectivity index (χ1) is 11.5. The molecule has 4 heteroatoms. The first-order valence-electron chi connectivity index (χ1n) is 10.4. The number of aliphatic hydroxyl groups excluding tert-OH is 1. The molecule has 1 amide bonds. The van der Waals surface area contributed by atoms with Gasteiger partial charge >= 0.3 is 0 Å². The lowest BCUT2D eigenvalue weighted by Gasteiger charge is -2.22. The Morgan fingerprint density at radius 3 is 1.88 bits per heavy atom. The monoisotopic (exact) mass is 357 g/mol. The van der Waals surface area contributed by atoms with Crippen LogP contribution in [0.2, 0.25) is 25.2 Å². The molecule has 0 bridgehead atoms. The maximum atomic E-state index is 11.4. The van der Waals surface area contributed by atoms with Gasteiger partial charge in [0.1, 0.15) is 0 Å². The van der Waals surface area contributed by atoms with E-state index in [1.54, 1.807) is 0 Å². The molecule has 3 nitrogen and oxygen atoms in total. The molecule has 0 spiro atoms. The second kappa shape index (κ2) is 16.1. The molecule has 0 aliphatic carbocycles. The van der Waals surface area contributed by atoms with Crippen molar-refractivity contribution in [2.75, 3.05) is 13.2 Å². The Hall–Kier alpha value is -0.353. The van der Waals surface area contributed by atoms with Gasteiger partial charge in [0.05, 0.1) is 6.61 Å². The van der Waals surface area contributed by atoms with Crippen LogP contribution in [0.5, 0.6) is 0 Å². The first-order valence-corrected chi connectivity index (χ1v) is 13.8. The second-order valence-electron chi connectivity index (χ2n) is 8.02. The van der Waals surface area contributed by atoms with Gasteiger partial charge < -0.3 is 10.4 Å². The number of unbranched alkanes of at least 4 members (excludes halogenated alkanes) is 9. The Balaban J connectivity index is 3.43. The summed E-state index contributed by atoms with van der Waals surface area (Å²) >= 11 is 0. The fraction of sp³-hybridized carbons (Fsp3) is 0.950. The summed E-state index contributed by atoms with van der Waals surface area (Å²) in [6.07, 6.45) is 15.2. The summed E-state index contributed by atoms with van der Waals surface area (Å²) in [5, 5.41) is 11.3. The van der Waals surface area contributed by atoms with E-state index in [9.17, 15) is 4.79 Å². The minimum absolute atomic E-state index is 0.0319. The zero-order chi connectivity index (χ0) is 18.1. The molecule has 0 aliphatic heterocycles. The van der Waals surface area contributed by atoms with Crippen LogP contribution in [0.15, 0.2) is 0 Å². The van der Waals surface area contributed by atoms with Gasteiger partial charge in [0, 0.05) is 21.0 Å². The minimum atomic E-state index is -0.961. The van der Waals surface area contributed by atoms with Crippen molar-refractivity contribution in [2.45, 2.75) is 109 Å². The van der Waals surface area contributed by atoms with E-state index in [0.29, 0.717) is 13.0 Å². The molecular weight excluding hydrogens is 314 g/mol. The third kappa shape index (κ3) is 16.5. The van der Waals surface area contributed by atoms with Crippen molar-refractivity contribution in [1.82, 2.24) is 5.32 Å².